The van der Waals surface area contributed by atoms with Crippen LogP contribution in [0.1, 0.15) is 84.8 Å². The zero-order valence-corrected chi connectivity index (χ0v) is 31.9. The summed E-state index contributed by atoms with van der Waals surface area (Å²) >= 11 is 0. The van der Waals surface area contributed by atoms with E-state index in [2.05, 4.69) is 43.4 Å². The van der Waals surface area contributed by atoms with Gasteiger partial charge in [-0.15, -0.1) is 12.8 Å². The minimum absolute atomic E-state index is 0.166. The van der Waals surface area contributed by atoms with E-state index >= 15 is 0 Å². The van der Waals surface area contributed by atoms with Crippen LogP contribution < -0.4 is 11.1 Å². The van der Waals surface area contributed by atoms with Gasteiger partial charge >= 0.3 is 6.09 Å². The van der Waals surface area contributed by atoms with Gasteiger partial charge in [-0.2, -0.15) is 0 Å². The minimum atomic E-state index is -0.166. The van der Waals surface area contributed by atoms with Crippen molar-refractivity contribution in [1.82, 2.24) is 10.2 Å². The Balaban J connectivity index is 0. The lowest BCUT2D eigenvalue weighted by molar-refractivity contribution is 0.0850. The molecule has 0 radical (unpaired) electrons. The Hall–Kier alpha value is -4.50. The zero-order chi connectivity index (χ0) is 39.0. The molecule has 1 amide bonds. The molecule has 11 heteroatoms. The molecule has 2 fully saturated rings. The number of hydrogen-bond acceptors (Lipinski definition) is 10. The Labute approximate surface area is 307 Å². The average molecular weight is 709 g/mol. The van der Waals surface area contributed by atoms with Crippen LogP contribution >= 0.6 is 0 Å². The van der Waals surface area contributed by atoms with E-state index in [1.807, 2.05) is 43.0 Å². The number of aliphatic hydroxyl groups is 2. The van der Waals surface area contributed by atoms with Crippen molar-refractivity contribution in [2.75, 3.05) is 47.0 Å². The van der Waals surface area contributed by atoms with Crippen molar-refractivity contribution in [2.45, 2.75) is 79.1 Å². The number of piperidine rings is 1. The number of rotatable bonds is 11. The number of unbranched alkanes of at least 4 members (excludes halogenated alkanes) is 2. The number of carbonyl (C=O) groups is 1. The van der Waals surface area contributed by atoms with Crippen LogP contribution in [0.5, 0.6) is 0 Å². The summed E-state index contributed by atoms with van der Waals surface area (Å²) in [5.41, 5.74) is 9.73. The molecule has 0 aliphatic carbocycles. The lowest BCUT2D eigenvalue weighted by Gasteiger charge is -2.30. The number of furan rings is 1. The summed E-state index contributed by atoms with van der Waals surface area (Å²) in [6.45, 7) is 19.2. The number of para-hydroxylation sites is 1. The van der Waals surface area contributed by atoms with Gasteiger partial charge in [0.05, 0.1) is 23.7 Å². The number of aliphatic imine (C=N–C) groups is 2. The highest BCUT2D eigenvalue weighted by molar-refractivity contribution is 6.07. The smallest absolute Gasteiger partial charge is 0.409 e. The molecule has 11 nitrogen and oxygen atoms in total. The van der Waals surface area contributed by atoms with Crippen LogP contribution in [0.2, 0.25) is 0 Å². The van der Waals surface area contributed by atoms with E-state index < -0.39 is 0 Å². The number of benzene rings is 1. The molecule has 1 aromatic heterocycles. The molecule has 2 aromatic rings. The van der Waals surface area contributed by atoms with Gasteiger partial charge in [-0.05, 0) is 116 Å². The fraction of sp³-hybridized carbons (Fsp3) is 0.500. The summed E-state index contributed by atoms with van der Waals surface area (Å²) < 4.78 is 11.2. The van der Waals surface area contributed by atoms with Crippen LogP contribution in [0, 0.1) is 24.2 Å². The van der Waals surface area contributed by atoms with E-state index in [0.29, 0.717) is 35.4 Å². The molecule has 0 spiro atoms. The van der Waals surface area contributed by atoms with E-state index in [1.54, 1.807) is 25.2 Å². The molecule has 1 unspecified atom stereocenters. The maximum Gasteiger partial charge on any atom is 0.409 e. The second-order valence-electron chi connectivity index (χ2n) is 11.5. The van der Waals surface area contributed by atoms with E-state index in [-0.39, 0.29) is 6.09 Å². The fourth-order valence-electron chi connectivity index (χ4n) is 5.10. The second-order valence-corrected chi connectivity index (χ2v) is 11.5. The van der Waals surface area contributed by atoms with E-state index in [4.69, 9.17) is 35.5 Å². The summed E-state index contributed by atoms with van der Waals surface area (Å²) in [5, 5.41) is 26.1. The quantitative estimate of drug-likeness (QED) is 0.0686. The van der Waals surface area contributed by atoms with Crippen LogP contribution in [-0.4, -0.2) is 86.4 Å². The number of aliphatic hydroxyl groups excluding tert-OH is 2. The monoisotopic (exact) mass is 708 g/mol. The van der Waals surface area contributed by atoms with Crippen LogP contribution in [0.4, 0.5) is 10.5 Å². The van der Waals surface area contributed by atoms with Crippen LogP contribution in [0.15, 0.2) is 74.9 Å². The second kappa shape index (κ2) is 31.5. The first kappa shape index (κ1) is 48.6. The number of nitrogens with zero attached hydrogens (tertiary/aromatic N) is 3. The maximum absolute atomic E-state index is 12.1. The van der Waals surface area contributed by atoms with E-state index in [0.717, 1.165) is 81.8 Å². The largest absolute Gasteiger partial charge is 0.452 e. The molecule has 284 valence electrons. The van der Waals surface area contributed by atoms with E-state index in [1.165, 1.54) is 32.4 Å². The summed E-state index contributed by atoms with van der Waals surface area (Å²) in [5.74, 6) is 1.10. The summed E-state index contributed by atoms with van der Waals surface area (Å²) in [7, 11) is 2.00. The van der Waals surface area contributed by atoms with Crippen molar-refractivity contribution in [3.8, 4) is 12.8 Å². The number of nitrogens with two attached hydrogens (primary N) is 1. The number of likely N-dealkylation sites (tertiary alicyclic amines) is 1. The highest BCUT2D eigenvalue weighted by Gasteiger charge is 2.21. The van der Waals surface area contributed by atoms with Gasteiger partial charge in [0.15, 0.2) is 5.76 Å². The number of nitrogens with one attached hydrogen (secondary N) is 2. The molecule has 51 heavy (non-hydrogen) atoms. The lowest BCUT2D eigenvalue weighted by atomic mass is 10.0. The Bertz CT molecular complexity index is 1380. The lowest BCUT2D eigenvalue weighted by Crippen LogP contribution is -2.39. The first-order chi connectivity index (χ1) is 24.7. The predicted molar refractivity (Wildman–Crippen MR) is 215 cm³/mol. The van der Waals surface area contributed by atoms with Crippen molar-refractivity contribution in [2.24, 2.45) is 21.6 Å². The Morgan fingerprint density at radius 2 is 1.78 bits per heavy atom. The van der Waals surface area contributed by atoms with Crippen molar-refractivity contribution < 1.29 is 24.2 Å². The van der Waals surface area contributed by atoms with Gasteiger partial charge in [0.25, 0.3) is 0 Å². The molecule has 2 aliphatic heterocycles. The van der Waals surface area contributed by atoms with Crippen molar-refractivity contribution in [3.63, 3.8) is 0 Å². The van der Waals surface area contributed by atoms with Crippen LogP contribution in [0.25, 0.3) is 11.0 Å². The van der Waals surface area contributed by atoms with E-state index in [9.17, 15) is 4.79 Å². The van der Waals surface area contributed by atoms with Gasteiger partial charge in [-0.1, -0.05) is 37.8 Å². The fourth-order valence-corrected chi connectivity index (χ4v) is 5.10. The van der Waals surface area contributed by atoms with Gasteiger partial charge in [0, 0.05) is 38.4 Å². The SMILES string of the molecule is C#C.C1CCNC1.C=C/C=C(N)\C(=C/C)N=C.CC(=N)c1oc2ccccc2c1N=C(C)CCCCCOC(=O)N1CCCC(C)C1.CO.CO. The normalized spacial score (nSPS) is 15.4. The number of allylic oxidation sites excluding steroid dienone is 3. The topological polar surface area (TPSA) is 170 Å². The molecular formula is C40H64N6O5. The van der Waals surface area contributed by atoms with Crippen LogP contribution in [-0.2, 0) is 4.74 Å². The number of terminal acetylenes is 1. The molecular weight excluding hydrogens is 644 g/mol. The first-order valence-corrected chi connectivity index (χ1v) is 17.4. The average Bonchev–Trinajstić information content (AvgIpc) is 3.86. The molecule has 3 heterocycles. The third-order valence-corrected chi connectivity index (χ3v) is 7.53. The van der Waals surface area contributed by atoms with Gasteiger partial charge in [0.2, 0.25) is 0 Å². The van der Waals surface area contributed by atoms with Gasteiger partial charge in [-0.3, -0.25) is 9.98 Å². The summed E-state index contributed by atoms with van der Waals surface area (Å²) in [6.07, 6.45) is 21.7. The Morgan fingerprint density at radius 3 is 2.31 bits per heavy atom. The number of amides is 1. The molecule has 1 aromatic carbocycles. The summed E-state index contributed by atoms with van der Waals surface area (Å²) in [6, 6.07) is 7.77. The third-order valence-electron chi connectivity index (χ3n) is 7.53. The first-order valence-electron chi connectivity index (χ1n) is 17.4. The molecule has 4 rings (SSSR count). The van der Waals surface area contributed by atoms with Gasteiger partial charge in [0.1, 0.15) is 11.3 Å². The standard InChI is InChI=1S/C24H33N3O3.C8H12N2.C4H9N.C2H2.2CH4O/c1-17-10-9-14-27(16-17)24(28)29-15-8-4-5-11-18(2)26-22-20-12-6-7-13-21(20)30-23(22)19(3)25;1-4-6-7(9)8(5-2)10-3;1-2-4-5-3-1;3*1-2/h6-7,12-13,17,25H,4-5,8-11,14-16H2,1-3H3;4-6H,1,3,9H2,2H3;5H,1-4H2;1-2H;2*2H,1H3/b;7-6+,8-5+;;;;. The van der Waals surface area contributed by atoms with Crippen molar-refractivity contribution in [1.29, 1.82) is 5.41 Å². The van der Waals surface area contributed by atoms with Gasteiger partial charge in [-0.25, -0.2) is 4.79 Å². The molecule has 0 bridgehead atoms. The predicted octanol–water partition coefficient (Wildman–Crippen LogP) is 7.80. The number of fused-ring (bicyclic) bond motifs is 1. The third kappa shape index (κ3) is 20.1. The Kier molecular flexibility index (Phi) is 30.0. The molecule has 2 aliphatic rings. The van der Waals surface area contributed by atoms with Gasteiger partial charge < -0.3 is 40.7 Å². The highest BCUT2D eigenvalue weighted by Crippen LogP contribution is 2.34. The molecule has 2 saturated heterocycles. The van der Waals surface area contributed by atoms with Crippen molar-refractivity contribution in [3.05, 3.63) is 66.2 Å². The number of carbonyl (C=O) groups excluding carboxylic acids is 1. The van der Waals surface area contributed by atoms with Crippen LogP contribution in [0.3, 0.4) is 0 Å². The number of ether oxygens (including phenoxy) is 1. The Morgan fingerprint density at radius 1 is 1.14 bits per heavy atom. The maximum atomic E-state index is 12.1. The molecule has 0 saturated carbocycles. The zero-order valence-electron chi connectivity index (χ0n) is 31.9. The number of hydrogen-bond donors (Lipinski definition) is 5. The molecule has 1 atom stereocenters. The minimum Gasteiger partial charge on any atom is -0.452 e. The van der Waals surface area contributed by atoms with Crippen molar-refractivity contribution >= 4 is 40.9 Å². The summed E-state index contributed by atoms with van der Waals surface area (Å²) in [4.78, 5) is 22.4. The molecule has 6 N–H and O–H groups in total. The highest BCUT2D eigenvalue weighted by atomic mass is 16.6.